The van der Waals surface area contributed by atoms with E-state index in [1.165, 1.54) is 16.7 Å². The largest absolute Gasteiger partial charge is 0.496 e. The number of ether oxygens (including phenoxy) is 1. The second-order valence-electron chi connectivity index (χ2n) is 5.16. The molecule has 2 aromatic carbocycles. The summed E-state index contributed by atoms with van der Waals surface area (Å²) in [6, 6.07) is 14.7. The number of hydrogen-bond donors (Lipinski definition) is 0. The average molecular weight is 273 g/mol. The molecule has 3 rings (SSSR count). The van der Waals surface area contributed by atoms with Gasteiger partial charge in [-0.15, -0.1) is 11.6 Å². The van der Waals surface area contributed by atoms with Crippen molar-refractivity contribution in [3.63, 3.8) is 0 Å². The summed E-state index contributed by atoms with van der Waals surface area (Å²) in [5.41, 5.74) is 5.12. The molecule has 0 aliphatic heterocycles. The maximum Gasteiger partial charge on any atom is 0.123 e. The number of fused-ring (bicyclic) bond motifs is 1. The molecular formula is C17H17ClO. The summed E-state index contributed by atoms with van der Waals surface area (Å²) in [6.45, 7) is 2.08. The summed E-state index contributed by atoms with van der Waals surface area (Å²) in [5, 5.41) is -0.0234. The number of halogens is 1. The van der Waals surface area contributed by atoms with Crippen LogP contribution >= 0.6 is 11.6 Å². The second kappa shape index (κ2) is 4.90. The lowest BCUT2D eigenvalue weighted by Crippen LogP contribution is -2.21. The summed E-state index contributed by atoms with van der Waals surface area (Å²) in [5.74, 6) is 1.28. The van der Waals surface area contributed by atoms with Gasteiger partial charge in [-0.25, -0.2) is 0 Å². The average Bonchev–Trinajstić information content (AvgIpc) is 2.40. The zero-order valence-electron chi connectivity index (χ0n) is 11.2. The zero-order chi connectivity index (χ0) is 13.4. The molecule has 2 heteroatoms. The molecule has 0 spiro atoms. The van der Waals surface area contributed by atoms with E-state index in [-0.39, 0.29) is 5.38 Å². The van der Waals surface area contributed by atoms with Crippen LogP contribution in [0.4, 0.5) is 0 Å². The maximum atomic E-state index is 6.71. The zero-order valence-corrected chi connectivity index (χ0v) is 11.9. The highest BCUT2D eigenvalue weighted by Gasteiger charge is 2.33. The van der Waals surface area contributed by atoms with Crippen molar-refractivity contribution in [1.29, 1.82) is 0 Å². The molecule has 0 saturated carbocycles. The van der Waals surface area contributed by atoms with E-state index in [1.807, 2.05) is 6.07 Å². The molecule has 0 amide bonds. The number of rotatable bonds is 3. The van der Waals surface area contributed by atoms with Crippen molar-refractivity contribution in [1.82, 2.24) is 0 Å². The van der Waals surface area contributed by atoms with E-state index in [2.05, 4.69) is 43.3 Å². The van der Waals surface area contributed by atoms with Crippen molar-refractivity contribution in [3.8, 4) is 5.75 Å². The molecule has 2 aromatic rings. The number of hydrogen-bond acceptors (Lipinski definition) is 1. The minimum atomic E-state index is -0.0234. The number of methoxy groups -OCH3 is 1. The topological polar surface area (TPSA) is 9.23 Å². The molecule has 0 saturated heterocycles. The van der Waals surface area contributed by atoms with E-state index >= 15 is 0 Å². The van der Waals surface area contributed by atoms with Gasteiger partial charge >= 0.3 is 0 Å². The molecule has 0 bridgehead atoms. The first-order valence-electron chi connectivity index (χ1n) is 6.57. The van der Waals surface area contributed by atoms with Crippen molar-refractivity contribution in [2.24, 2.45) is 0 Å². The first-order chi connectivity index (χ1) is 9.20. The molecule has 98 valence electrons. The lowest BCUT2D eigenvalue weighted by Gasteiger charge is -2.34. The van der Waals surface area contributed by atoms with Gasteiger partial charge < -0.3 is 4.74 Å². The summed E-state index contributed by atoms with van der Waals surface area (Å²) in [6.07, 6.45) is 1.06. The second-order valence-corrected chi connectivity index (χ2v) is 5.63. The molecule has 1 aliphatic rings. The lowest BCUT2D eigenvalue weighted by molar-refractivity contribution is 0.405. The van der Waals surface area contributed by atoms with Crippen LogP contribution in [-0.2, 0) is 6.42 Å². The van der Waals surface area contributed by atoms with Gasteiger partial charge in [0.25, 0.3) is 0 Å². The van der Waals surface area contributed by atoms with E-state index in [1.54, 1.807) is 7.11 Å². The van der Waals surface area contributed by atoms with Crippen molar-refractivity contribution in [3.05, 3.63) is 64.7 Å². The van der Waals surface area contributed by atoms with Gasteiger partial charge in [0, 0.05) is 11.5 Å². The van der Waals surface area contributed by atoms with E-state index < -0.39 is 0 Å². The Hall–Kier alpha value is -1.47. The fraction of sp³-hybridized carbons (Fsp3) is 0.294. The standard InChI is InChI=1S/C17H17ClO/c1-11-7-8-16(19-2)15(9-11)17(18)14-10-12-5-3-4-6-13(12)14/h3-9,14,17H,10H2,1-2H3. The predicted octanol–water partition coefficient (Wildman–Crippen LogP) is 4.62. The summed E-state index contributed by atoms with van der Waals surface area (Å²) >= 11 is 6.71. The van der Waals surface area contributed by atoms with E-state index in [0.717, 1.165) is 17.7 Å². The Bertz CT molecular complexity index is 606. The molecule has 0 radical (unpaired) electrons. The van der Waals surface area contributed by atoms with Crippen LogP contribution in [-0.4, -0.2) is 7.11 Å². The molecule has 2 unspecified atom stereocenters. The van der Waals surface area contributed by atoms with E-state index in [0.29, 0.717) is 5.92 Å². The Balaban J connectivity index is 1.94. The fourth-order valence-corrected chi connectivity index (χ4v) is 3.24. The smallest absolute Gasteiger partial charge is 0.123 e. The number of alkyl halides is 1. The molecule has 1 aliphatic carbocycles. The maximum absolute atomic E-state index is 6.71. The monoisotopic (exact) mass is 272 g/mol. The Labute approximate surface area is 119 Å². The third-order valence-corrected chi connectivity index (χ3v) is 4.47. The van der Waals surface area contributed by atoms with Gasteiger partial charge in [-0.1, -0.05) is 42.0 Å². The molecule has 0 aromatic heterocycles. The molecule has 0 N–H and O–H groups in total. The van der Waals surface area contributed by atoms with Crippen LogP contribution in [0.5, 0.6) is 5.75 Å². The molecule has 0 heterocycles. The minimum absolute atomic E-state index is 0.0234. The Morgan fingerprint density at radius 3 is 2.74 bits per heavy atom. The van der Waals surface area contributed by atoms with Crippen LogP contribution in [0, 0.1) is 6.92 Å². The van der Waals surface area contributed by atoms with Crippen LogP contribution in [0.2, 0.25) is 0 Å². The normalized spacial score (nSPS) is 18.4. The van der Waals surface area contributed by atoms with Crippen molar-refractivity contribution in [2.75, 3.05) is 7.11 Å². The lowest BCUT2D eigenvalue weighted by atomic mass is 9.74. The van der Waals surface area contributed by atoms with Gasteiger partial charge in [-0.3, -0.25) is 0 Å². The first-order valence-corrected chi connectivity index (χ1v) is 7.00. The molecular weight excluding hydrogens is 256 g/mol. The van der Waals surface area contributed by atoms with Gasteiger partial charge in [0.1, 0.15) is 5.75 Å². The Kier molecular flexibility index (Phi) is 3.24. The van der Waals surface area contributed by atoms with Gasteiger partial charge in [0.15, 0.2) is 0 Å². The quantitative estimate of drug-likeness (QED) is 0.741. The van der Waals surface area contributed by atoms with E-state index in [9.17, 15) is 0 Å². The highest BCUT2D eigenvalue weighted by molar-refractivity contribution is 6.21. The van der Waals surface area contributed by atoms with Gasteiger partial charge in [-0.05, 0) is 30.5 Å². The number of aryl methyl sites for hydroxylation is 1. The van der Waals surface area contributed by atoms with Crippen molar-refractivity contribution < 1.29 is 4.74 Å². The van der Waals surface area contributed by atoms with Crippen LogP contribution in [0.1, 0.15) is 33.5 Å². The summed E-state index contributed by atoms with van der Waals surface area (Å²) < 4.78 is 5.44. The highest BCUT2D eigenvalue weighted by Crippen LogP contribution is 2.48. The summed E-state index contributed by atoms with van der Waals surface area (Å²) in [7, 11) is 1.70. The third kappa shape index (κ3) is 2.12. The van der Waals surface area contributed by atoms with E-state index in [4.69, 9.17) is 16.3 Å². The summed E-state index contributed by atoms with van der Waals surface area (Å²) in [4.78, 5) is 0. The van der Waals surface area contributed by atoms with Crippen molar-refractivity contribution in [2.45, 2.75) is 24.6 Å². The van der Waals surface area contributed by atoms with Crippen LogP contribution < -0.4 is 4.74 Å². The third-order valence-electron chi connectivity index (χ3n) is 3.93. The molecule has 0 fully saturated rings. The van der Waals surface area contributed by atoms with Gasteiger partial charge in [-0.2, -0.15) is 0 Å². The van der Waals surface area contributed by atoms with Crippen LogP contribution in [0.3, 0.4) is 0 Å². The van der Waals surface area contributed by atoms with Crippen LogP contribution in [0.15, 0.2) is 42.5 Å². The van der Waals surface area contributed by atoms with Crippen molar-refractivity contribution >= 4 is 11.6 Å². The minimum Gasteiger partial charge on any atom is -0.496 e. The fourth-order valence-electron chi connectivity index (χ4n) is 2.84. The van der Waals surface area contributed by atoms with Gasteiger partial charge in [0.05, 0.1) is 12.5 Å². The van der Waals surface area contributed by atoms with Crippen LogP contribution in [0.25, 0.3) is 0 Å². The Morgan fingerprint density at radius 2 is 2.00 bits per heavy atom. The van der Waals surface area contributed by atoms with Gasteiger partial charge in [0.2, 0.25) is 0 Å². The molecule has 1 nitrogen and oxygen atoms in total. The molecule has 19 heavy (non-hydrogen) atoms. The molecule has 2 atom stereocenters. The SMILES string of the molecule is COc1ccc(C)cc1C(Cl)C1Cc2ccccc21. The highest BCUT2D eigenvalue weighted by atomic mass is 35.5. The number of benzene rings is 2. The predicted molar refractivity (Wildman–Crippen MR) is 79.2 cm³/mol. The Morgan fingerprint density at radius 1 is 1.21 bits per heavy atom. The first kappa shape index (κ1) is 12.6.